The van der Waals surface area contributed by atoms with Gasteiger partial charge in [0, 0.05) is 12.7 Å². The topological polar surface area (TPSA) is 24.9 Å². The molecule has 0 amide bonds. The molecule has 1 aliphatic carbocycles. The molecule has 1 N–H and O–H groups in total. The number of hydrogen-bond donors (Lipinski definition) is 1. The van der Waals surface area contributed by atoms with Gasteiger partial charge in [0.25, 0.3) is 0 Å². The Balaban J connectivity index is 0.000000963. The number of fused-ring (bicyclic) bond motifs is 1. The first kappa shape index (κ1) is 11.6. The second-order valence-corrected chi connectivity index (χ2v) is 4.35. The molecule has 0 aromatic carbocycles. The van der Waals surface area contributed by atoms with Gasteiger partial charge in [0.05, 0.1) is 0 Å². The maximum atomic E-state index is 12.7. The van der Waals surface area contributed by atoms with E-state index in [-0.39, 0.29) is 12.4 Å². The molecule has 2 nitrogen and oxygen atoms in total. The Morgan fingerprint density at radius 3 is 2.88 bits per heavy atom. The third kappa shape index (κ3) is 1.97. The number of nitrogens with one attached hydrogen (secondary N) is 1. The first-order valence-electron chi connectivity index (χ1n) is 5.36. The van der Waals surface area contributed by atoms with Crippen molar-refractivity contribution >= 4 is 18.0 Å². The van der Waals surface area contributed by atoms with Gasteiger partial charge in [0.15, 0.2) is 0 Å². The Kier molecular flexibility index (Phi) is 3.26. The van der Waals surface area contributed by atoms with E-state index in [1.54, 1.807) is 6.20 Å². The summed E-state index contributed by atoms with van der Waals surface area (Å²) in [4.78, 5) is 3.69. The molecular formula is C12H14ClFN2. The zero-order valence-corrected chi connectivity index (χ0v) is 9.64. The van der Waals surface area contributed by atoms with Gasteiger partial charge in [-0.2, -0.15) is 4.39 Å². The molecule has 0 bridgehead atoms. The standard InChI is InChI=1S/C12H13FN2.ClH/c13-12-2-1-8(7-15-12)9-3-10-5-14-6-11(10)4-9;/h1-3,7,10-11,14H,4-6H2;1H/t10-,11+;/m1./s1. The third-order valence-corrected chi connectivity index (χ3v) is 3.39. The Bertz CT molecular complexity index is 402. The largest absolute Gasteiger partial charge is 0.316 e. The van der Waals surface area contributed by atoms with Crippen LogP contribution < -0.4 is 5.32 Å². The molecule has 1 aromatic heterocycles. The van der Waals surface area contributed by atoms with Crippen LogP contribution in [0.3, 0.4) is 0 Å². The summed E-state index contributed by atoms with van der Waals surface area (Å²) < 4.78 is 12.7. The second-order valence-electron chi connectivity index (χ2n) is 4.35. The van der Waals surface area contributed by atoms with Crippen molar-refractivity contribution in [3.8, 4) is 0 Å². The van der Waals surface area contributed by atoms with Gasteiger partial charge in [-0.3, -0.25) is 0 Å². The average molecular weight is 241 g/mol. The summed E-state index contributed by atoms with van der Waals surface area (Å²) in [6.07, 6.45) is 5.06. The molecule has 1 aliphatic heterocycles. The molecule has 0 spiro atoms. The highest BCUT2D eigenvalue weighted by Crippen LogP contribution is 2.37. The fourth-order valence-electron chi connectivity index (χ4n) is 2.56. The van der Waals surface area contributed by atoms with Crippen molar-refractivity contribution in [3.63, 3.8) is 0 Å². The van der Waals surface area contributed by atoms with Gasteiger partial charge in [-0.05, 0) is 48.1 Å². The van der Waals surface area contributed by atoms with Crippen LogP contribution in [0.1, 0.15) is 12.0 Å². The molecule has 4 heteroatoms. The minimum absolute atomic E-state index is 0. The Morgan fingerprint density at radius 1 is 1.31 bits per heavy atom. The molecule has 1 saturated heterocycles. The molecule has 1 fully saturated rings. The Morgan fingerprint density at radius 2 is 2.19 bits per heavy atom. The van der Waals surface area contributed by atoms with Crippen LogP contribution in [0.2, 0.25) is 0 Å². The van der Waals surface area contributed by atoms with Crippen molar-refractivity contribution in [1.29, 1.82) is 0 Å². The predicted molar refractivity (Wildman–Crippen MR) is 63.9 cm³/mol. The molecule has 16 heavy (non-hydrogen) atoms. The van der Waals surface area contributed by atoms with Gasteiger partial charge in [-0.15, -0.1) is 12.4 Å². The van der Waals surface area contributed by atoms with Crippen LogP contribution >= 0.6 is 12.4 Å². The highest BCUT2D eigenvalue weighted by molar-refractivity contribution is 5.85. The summed E-state index contributed by atoms with van der Waals surface area (Å²) in [5.74, 6) is 1.01. The number of pyridine rings is 1. The molecule has 3 rings (SSSR count). The fourth-order valence-corrected chi connectivity index (χ4v) is 2.56. The van der Waals surface area contributed by atoms with Gasteiger partial charge in [0.2, 0.25) is 5.95 Å². The number of aromatic nitrogens is 1. The molecule has 1 aromatic rings. The van der Waals surface area contributed by atoms with Crippen molar-refractivity contribution in [1.82, 2.24) is 10.3 Å². The lowest BCUT2D eigenvalue weighted by Gasteiger charge is -2.06. The van der Waals surface area contributed by atoms with Gasteiger partial charge < -0.3 is 5.32 Å². The quantitative estimate of drug-likeness (QED) is 0.762. The van der Waals surface area contributed by atoms with Gasteiger partial charge in [-0.1, -0.05) is 6.08 Å². The molecule has 0 unspecified atom stereocenters. The van der Waals surface area contributed by atoms with Crippen LogP contribution in [0.4, 0.5) is 4.39 Å². The van der Waals surface area contributed by atoms with Crippen LogP contribution in [0, 0.1) is 17.8 Å². The van der Waals surface area contributed by atoms with E-state index in [1.807, 2.05) is 6.07 Å². The molecule has 2 atom stereocenters. The number of allylic oxidation sites excluding steroid dienone is 1. The highest BCUT2D eigenvalue weighted by atomic mass is 35.5. The maximum absolute atomic E-state index is 12.7. The van der Waals surface area contributed by atoms with Gasteiger partial charge in [0.1, 0.15) is 0 Å². The minimum Gasteiger partial charge on any atom is -0.316 e. The smallest absolute Gasteiger partial charge is 0.212 e. The molecule has 0 saturated carbocycles. The van der Waals surface area contributed by atoms with E-state index in [2.05, 4.69) is 16.4 Å². The van der Waals surface area contributed by atoms with Gasteiger partial charge in [-0.25, -0.2) is 4.98 Å². The first-order chi connectivity index (χ1) is 7.33. The van der Waals surface area contributed by atoms with E-state index in [4.69, 9.17) is 0 Å². The van der Waals surface area contributed by atoms with E-state index < -0.39 is 5.95 Å². The number of rotatable bonds is 1. The van der Waals surface area contributed by atoms with Crippen LogP contribution in [-0.2, 0) is 0 Å². The van der Waals surface area contributed by atoms with Crippen molar-refractivity contribution in [2.24, 2.45) is 11.8 Å². The van der Waals surface area contributed by atoms with Crippen LogP contribution in [-0.4, -0.2) is 18.1 Å². The van der Waals surface area contributed by atoms with Gasteiger partial charge >= 0.3 is 0 Å². The second kappa shape index (κ2) is 4.52. The zero-order valence-electron chi connectivity index (χ0n) is 8.82. The summed E-state index contributed by atoms with van der Waals surface area (Å²) >= 11 is 0. The minimum atomic E-state index is -0.404. The molecule has 2 aliphatic rings. The zero-order chi connectivity index (χ0) is 10.3. The van der Waals surface area contributed by atoms with E-state index in [9.17, 15) is 4.39 Å². The van der Waals surface area contributed by atoms with E-state index in [0.717, 1.165) is 31.0 Å². The molecule has 2 heterocycles. The van der Waals surface area contributed by atoms with E-state index >= 15 is 0 Å². The SMILES string of the molecule is Cl.Fc1ccc(C2=C[C@@H]3CNC[C@@H]3C2)cn1. The first-order valence-corrected chi connectivity index (χ1v) is 5.36. The summed E-state index contributed by atoms with van der Waals surface area (Å²) in [6, 6.07) is 3.26. The maximum Gasteiger partial charge on any atom is 0.212 e. The Labute approximate surface area is 100 Å². The number of hydrogen-bond acceptors (Lipinski definition) is 2. The van der Waals surface area contributed by atoms with Crippen LogP contribution in [0.25, 0.3) is 5.57 Å². The lowest BCUT2D eigenvalue weighted by molar-refractivity contribution is 0.536. The molecule has 86 valence electrons. The third-order valence-electron chi connectivity index (χ3n) is 3.39. The summed E-state index contributed by atoms with van der Waals surface area (Å²) in [5.41, 5.74) is 2.41. The summed E-state index contributed by atoms with van der Waals surface area (Å²) in [5, 5.41) is 3.39. The molecular weight excluding hydrogens is 227 g/mol. The van der Waals surface area contributed by atoms with E-state index in [1.165, 1.54) is 11.6 Å². The predicted octanol–water partition coefficient (Wildman–Crippen LogP) is 2.27. The average Bonchev–Trinajstić information content (AvgIpc) is 2.78. The van der Waals surface area contributed by atoms with Crippen molar-refractivity contribution in [2.45, 2.75) is 6.42 Å². The highest BCUT2D eigenvalue weighted by Gasteiger charge is 2.31. The number of halogens is 2. The van der Waals surface area contributed by atoms with Crippen molar-refractivity contribution in [2.75, 3.05) is 13.1 Å². The number of nitrogens with zero attached hydrogens (tertiary/aromatic N) is 1. The van der Waals surface area contributed by atoms with Crippen LogP contribution in [0.5, 0.6) is 0 Å². The van der Waals surface area contributed by atoms with Crippen LogP contribution in [0.15, 0.2) is 24.4 Å². The summed E-state index contributed by atoms with van der Waals surface area (Å²) in [7, 11) is 0. The lowest BCUT2D eigenvalue weighted by atomic mass is 9.99. The van der Waals surface area contributed by atoms with Crippen molar-refractivity contribution < 1.29 is 4.39 Å². The summed E-state index contributed by atoms with van der Waals surface area (Å²) in [6.45, 7) is 2.20. The lowest BCUT2D eigenvalue weighted by Crippen LogP contribution is -2.09. The monoisotopic (exact) mass is 240 g/mol. The van der Waals surface area contributed by atoms with E-state index in [0.29, 0.717) is 5.92 Å². The Hall–Kier alpha value is -0.930. The fraction of sp³-hybridized carbons (Fsp3) is 0.417. The normalized spacial score (nSPS) is 27.2. The molecule has 0 radical (unpaired) electrons. The van der Waals surface area contributed by atoms with Crippen molar-refractivity contribution in [3.05, 3.63) is 35.9 Å².